The number of anilines is 1. The van der Waals surface area contributed by atoms with Gasteiger partial charge in [0.25, 0.3) is 5.91 Å². The van der Waals surface area contributed by atoms with Crippen LogP contribution in [0.4, 0.5) is 27.6 Å². The highest BCUT2D eigenvalue weighted by Crippen LogP contribution is 2.51. The van der Waals surface area contributed by atoms with Gasteiger partial charge in [-0.3, -0.25) is 4.79 Å². The molecule has 7 nitrogen and oxygen atoms in total. The number of fused-ring (bicyclic) bond motifs is 1. The van der Waals surface area contributed by atoms with Gasteiger partial charge in [-0.15, -0.1) is 10.2 Å². The molecule has 12 heteroatoms. The van der Waals surface area contributed by atoms with Crippen molar-refractivity contribution in [2.45, 2.75) is 82.0 Å². The van der Waals surface area contributed by atoms with Gasteiger partial charge in [0, 0.05) is 30.4 Å². The minimum Gasteiger partial charge on any atom is -0.320 e. The number of ether oxygens (including phenoxy) is 1. The van der Waals surface area contributed by atoms with E-state index in [9.17, 15) is 26.7 Å². The van der Waals surface area contributed by atoms with E-state index < -0.39 is 35.8 Å². The highest BCUT2D eigenvalue weighted by molar-refractivity contribution is 6.10. The largest absolute Gasteiger partial charge is 0.416 e. The summed E-state index contributed by atoms with van der Waals surface area (Å²) < 4.78 is 75.9. The van der Waals surface area contributed by atoms with Crippen LogP contribution < -0.4 is 10.2 Å². The first kappa shape index (κ1) is 27.8. The zero-order valence-electron chi connectivity index (χ0n) is 22.6. The number of rotatable bonds is 8. The molecule has 1 N–H and O–H groups in total. The van der Waals surface area contributed by atoms with Crippen molar-refractivity contribution in [3.8, 4) is 0 Å². The van der Waals surface area contributed by atoms with Gasteiger partial charge in [-0.1, -0.05) is 12.1 Å². The van der Waals surface area contributed by atoms with Crippen molar-refractivity contribution in [3.05, 3.63) is 76.4 Å². The van der Waals surface area contributed by atoms with E-state index in [1.54, 1.807) is 41.9 Å². The summed E-state index contributed by atoms with van der Waals surface area (Å²) in [5, 5.41) is 11.5. The van der Waals surface area contributed by atoms with E-state index in [0.29, 0.717) is 35.5 Å². The lowest BCUT2D eigenvalue weighted by Crippen LogP contribution is -2.53. The molecule has 1 aromatic heterocycles. The monoisotopic (exact) mass is 575 g/mol. The molecule has 2 heterocycles. The van der Waals surface area contributed by atoms with Crippen molar-refractivity contribution in [1.29, 1.82) is 0 Å². The molecule has 2 unspecified atom stereocenters. The molecule has 6 rings (SSSR count). The summed E-state index contributed by atoms with van der Waals surface area (Å²) in [6.07, 6.45) is -0.284. The number of benzene rings is 2. The third-order valence-electron chi connectivity index (χ3n) is 8.98. The highest BCUT2D eigenvalue weighted by Gasteiger charge is 2.54. The number of nitrogens with zero attached hydrogens (tertiary/aromatic N) is 4. The van der Waals surface area contributed by atoms with Crippen LogP contribution in [0.1, 0.15) is 77.5 Å². The number of aryl methyl sites for hydroxylation is 1. The maximum absolute atomic E-state index is 14.2. The Morgan fingerprint density at radius 1 is 1.17 bits per heavy atom. The minimum absolute atomic E-state index is 0.0198. The lowest BCUT2D eigenvalue weighted by atomic mass is 9.61. The van der Waals surface area contributed by atoms with Crippen molar-refractivity contribution in [1.82, 2.24) is 20.1 Å². The molecular weight excluding hydrogens is 545 g/mol. The molecule has 1 aliphatic heterocycles. The van der Waals surface area contributed by atoms with Crippen LogP contribution >= 0.6 is 0 Å². The summed E-state index contributed by atoms with van der Waals surface area (Å²) in [5.41, 5.74) is -0.707. The van der Waals surface area contributed by atoms with Crippen LogP contribution in [0.2, 0.25) is 0 Å². The average molecular weight is 576 g/mol. The van der Waals surface area contributed by atoms with Crippen molar-refractivity contribution in [2.24, 2.45) is 7.05 Å². The van der Waals surface area contributed by atoms with Crippen molar-refractivity contribution >= 4 is 11.6 Å². The first-order valence-corrected chi connectivity index (χ1v) is 13.6. The fraction of sp³-hybridized carbons (Fsp3) is 0.483. The third kappa shape index (κ3) is 4.70. The molecule has 2 aliphatic carbocycles. The fourth-order valence-electron chi connectivity index (χ4n) is 6.44. The van der Waals surface area contributed by atoms with Crippen LogP contribution in [0, 0.1) is 0 Å². The van der Waals surface area contributed by atoms with E-state index in [4.69, 9.17) is 4.74 Å². The van der Waals surface area contributed by atoms with Gasteiger partial charge in [-0.05, 0) is 80.0 Å². The molecule has 0 bridgehead atoms. The zero-order chi connectivity index (χ0) is 29.2. The van der Waals surface area contributed by atoms with Gasteiger partial charge in [0.15, 0.2) is 0 Å². The van der Waals surface area contributed by atoms with Crippen LogP contribution in [0.5, 0.6) is 0 Å². The van der Waals surface area contributed by atoms with Gasteiger partial charge in [0.2, 0.25) is 0 Å². The van der Waals surface area contributed by atoms with Crippen LogP contribution in [0.15, 0.2) is 42.7 Å². The molecule has 0 spiro atoms. The maximum atomic E-state index is 14.2. The molecule has 0 radical (unpaired) electrons. The Kier molecular flexibility index (Phi) is 6.68. The van der Waals surface area contributed by atoms with Crippen LogP contribution in [0.3, 0.4) is 0 Å². The number of carbonyl (C=O) groups excluding carboxylic acids is 1. The molecule has 3 aliphatic rings. The molecule has 2 saturated carbocycles. The summed E-state index contributed by atoms with van der Waals surface area (Å²) in [4.78, 5) is 14.9. The van der Waals surface area contributed by atoms with Crippen LogP contribution in [-0.4, -0.2) is 38.9 Å². The van der Waals surface area contributed by atoms with E-state index in [0.717, 1.165) is 25.3 Å². The summed E-state index contributed by atoms with van der Waals surface area (Å²) in [6, 6.07) is 9.37. The third-order valence-corrected chi connectivity index (χ3v) is 8.98. The Balaban J connectivity index is 1.36. The van der Waals surface area contributed by atoms with Gasteiger partial charge in [0.05, 0.1) is 23.6 Å². The quantitative estimate of drug-likeness (QED) is 0.348. The molecule has 1 amide bonds. The number of alkyl halides is 5. The summed E-state index contributed by atoms with van der Waals surface area (Å²) in [5.74, 6) is -0.111. The van der Waals surface area contributed by atoms with Gasteiger partial charge in [0.1, 0.15) is 12.2 Å². The lowest BCUT2D eigenvalue weighted by Gasteiger charge is -2.48. The summed E-state index contributed by atoms with van der Waals surface area (Å²) in [6.45, 7) is -0.990. The first-order chi connectivity index (χ1) is 19.4. The van der Waals surface area contributed by atoms with Crippen molar-refractivity contribution in [3.63, 3.8) is 0 Å². The van der Waals surface area contributed by atoms with Crippen LogP contribution in [0.25, 0.3) is 0 Å². The number of aromatic nitrogens is 3. The van der Waals surface area contributed by atoms with Crippen LogP contribution in [-0.2, 0) is 36.5 Å². The molecule has 3 aromatic rings. The second kappa shape index (κ2) is 9.87. The molecular formula is C29H30F5N5O2. The van der Waals surface area contributed by atoms with Gasteiger partial charge < -0.3 is 19.5 Å². The maximum Gasteiger partial charge on any atom is 0.416 e. The zero-order valence-corrected chi connectivity index (χ0v) is 22.6. The van der Waals surface area contributed by atoms with Crippen molar-refractivity contribution < 1.29 is 31.5 Å². The summed E-state index contributed by atoms with van der Waals surface area (Å²) in [7, 11) is 1.70. The minimum atomic E-state index is -4.64. The number of hydrogen-bond acceptors (Lipinski definition) is 5. The van der Waals surface area contributed by atoms with E-state index in [-0.39, 0.29) is 29.8 Å². The Morgan fingerprint density at radius 2 is 1.95 bits per heavy atom. The highest BCUT2D eigenvalue weighted by atomic mass is 19.4. The molecule has 0 saturated heterocycles. The molecule has 218 valence electrons. The predicted octanol–water partition coefficient (Wildman–Crippen LogP) is 5.71. The van der Waals surface area contributed by atoms with Gasteiger partial charge >= 0.3 is 12.8 Å². The lowest BCUT2D eigenvalue weighted by molar-refractivity contribution is -0.202. The smallest absolute Gasteiger partial charge is 0.320 e. The number of carbonyl (C=O) groups is 1. The topological polar surface area (TPSA) is 72.3 Å². The molecule has 2 fully saturated rings. The van der Waals surface area contributed by atoms with E-state index in [1.165, 1.54) is 11.2 Å². The van der Waals surface area contributed by atoms with Crippen molar-refractivity contribution in [2.75, 3.05) is 4.90 Å². The molecule has 2 atom stereocenters. The van der Waals surface area contributed by atoms with E-state index in [1.807, 2.05) is 6.92 Å². The Morgan fingerprint density at radius 3 is 2.54 bits per heavy atom. The second-order valence-corrected chi connectivity index (χ2v) is 11.5. The average Bonchev–Trinajstić information content (AvgIpc) is 3.47. The fourth-order valence-corrected chi connectivity index (χ4v) is 6.44. The van der Waals surface area contributed by atoms with E-state index >= 15 is 0 Å². The predicted molar refractivity (Wildman–Crippen MR) is 139 cm³/mol. The number of amides is 1. The number of nitrogens with one attached hydrogen (secondary N) is 1. The molecule has 2 aromatic carbocycles. The molecule has 41 heavy (non-hydrogen) atoms. The second-order valence-electron chi connectivity index (χ2n) is 11.5. The number of halogens is 5. The first-order valence-electron chi connectivity index (χ1n) is 13.6. The normalized spacial score (nSPS) is 23.5. The van der Waals surface area contributed by atoms with Gasteiger partial charge in [-0.2, -0.15) is 22.0 Å². The Hall–Kier alpha value is -3.38. The standard InChI is InChI=1S/C29H30F5N5O2/c1-27(8-4-9-27)35-14-17-11-20-21(22(12-17)29(32,33)34)15-39(24(20)40)19-6-3-5-18(13-19)28(25-37-36-16-38(25)2)10-7-23(28)41-26(30)31/h3,5-6,11-13,16,23,26,35H,4,7-10,14-15H2,1-2H3. The van der Waals surface area contributed by atoms with E-state index in [2.05, 4.69) is 15.5 Å². The Bertz CT molecular complexity index is 1480. The number of hydrogen-bond donors (Lipinski definition) is 1. The van der Waals surface area contributed by atoms with Gasteiger partial charge in [-0.25, -0.2) is 0 Å². The SMILES string of the molecule is Cn1cnnc1C1(c2cccc(N3Cc4c(cc(CNC5(C)CCC5)cc4C(F)(F)F)C3=O)c2)CCC1OC(F)F. The summed E-state index contributed by atoms with van der Waals surface area (Å²) >= 11 is 0. The Labute approximate surface area is 233 Å².